The SMILES string of the molecule is O=S(=O)(OCC(F)(F)C(F)(F)F)c1ccc2nc(Cl)c(Cl)nc2c1. The van der Waals surface area contributed by atoms with E-state index in [0.29, 0.717) is 0 Å². The molecule has 1 aromatic carbocycles. The van der Waals surface area contributed by atoms with E-state index in [9.17, 15) is 30.4 Å². The van der Waals surface area contributed by atoms with E-state index in [4.69, 9.17) is 23.2 Å². The average molecular weight is 411 g/mol. The Morgan fingerprint density at radius 3 is 2.08 bits per heavy atom. The topological polar surface area (TPSA) is 69.2 Å². The van der Waals surface area contributed by atoms with E-state index in [1.165, 1.54) is 0 Å². The van der Waals surface area contributed by atoms with E-state index in [-0.39, 0.29) is 21.3 Å². The van der Waals surface area contributed by atoms with Gasteiger partial charge >= 0.3 is 12.1 Å². The molecule has 13 heteroatoms. The van der Waals surface area contributed by atoms with E-state index in [2.05, 4.69) is 14.2 Å². The zero-order valence-corrected chi connectivity index (χ0v) is 13.4. The van der Waals surface area contributed by atoms with Crippen molar-refractivity contribution in [1.82, 2.24) is 9.97 Å². The summed E-state index contributed by atoms with van der Waals surface area (Å²) in [7, 11) is -4.89. The van der Waals surface area contributed by atoms with Crippen LogP contribution < -0.4 is 0 Å². The van der Waals surface area contributed by atoms with Crippen LogP contribution in [0.3, 0.4) is 0 Å². The quantitative estimate of drug-likeness (QED) is 0.565. The highest BCUT2D eigenvalue weighted by Gasteiger charge is 2.58. The van der Waals surface area contributed by atoms with Crippen molar-refractivity contribution in [3.8, 4) is 0 Å². The van der Waals surface area contributed by atoms with Crippen molar-refractivity contribution in [2.24, 2.45) is 0 Å². The molecule has 0 atom stereocenters. The molecule has 24 heavy (non-hydrogen) atoms. The van der Waals surface area contributed by atoms with E-state index < -0.39 is 33.7 Å². The maximum absolute atomic E-state index is 12.8. The van der Waals surface area contributed by atoms with Crippen LogP contribution in [-0.2, 0) is 14.3 Å². The Kier molecular flexibility index (Phi) is 4.92. The van der Waals surface area contributed by atoms with Gasteiger partial charge in [0.1, 0.15) is 6.61 Å². The molecule has 0 N–H and O–H groups in total. The van der Waals surface area contributed by atoms with Crippen LogP contribution in [0.2, 0.25) is 10.3 Å². The normalized spacial score (nSPS) is 13.5. The third kappa shape index (κ3) is 3.85. The summed E-state index contributed by atoms with van der Waals surface area (Å²) in [5.41, 5.74) is 0.0561. The van der Waals surface area contributed by atoms with Gasteiger partial charge in [-0.1, -0.05) is 23.2 Å². The Morgan fingerprint density at radius 2 is 1.54 bits per heavy atom. The smallest absolute Gasteiger partial charge is 0.260 e. The maximum Gasteiger partial charge on any atom is 0.455 e. The highest BCUT2D eigenvalue weighted by Crippen LogP contribution is 2.36. The third-order valence-corrected chi connectivity index (χ3v) is 4.54. The Hall–Kier alpha value is -1.30. The van der Waals surface area contributed by atoms with Gasteiger partial charge in [-0.15, -0.1) is 0 Å². The van der Waals surface area contributed by atoms with Crippen LogP contribution in [0.4, 0.5) is 22.0 Å². The molecule has 1 heterocycles. The molecule has 0 aliphatic heterocycles. The number of nitrogens with zero attached hydrogens (tertiary/aromatic N) is 2. The second-order valence-corrected chi connectivity index (χ2v) is 6.71. The minimum atomic E-state index is -5.94. The predicted molar refractivity (Wildman–Crippen MR) is 73.7 cm³/mol. The lowest BCUT2D eigenvalue weighted by atomic mass is 10.3. The monoisotopic (exact) mass is 410 g/mol. The van der Waals surface area contributed by atoms with Crippen molar-refractivity contribution in [3.63, 3.8) is 0 Å². The molecule has 2 aromatic rings. The van der Waals surface area contributed by atoms with Crippen LogP contribution in [0.15, 0.2) is 23.1 Å². The molecular weight excluding hydrogens is 406 g/mol. The number of benzene rings is 1. The Morgan fingerprint density at radius 1 is 1.00 bits per heavy atom. The average Bonchev–Trinajstić information content (AvgIpc) is 2.45. The number of halogens is 7. The zero-order chi connectivity index (χ0) is 18.3. The minimum absolute atomic E-state index is 0.0725. The van der Waals surface area contributed by atoms with Crippen molar-refractivity contribution < 1.29 is 34.6 Å². The van der Waals surface area contributed by atoms with Crippen molar-refractivity contribution >= 4 is 44.4 Å². The fourth-order valence-electron chi connectivity index (χ4n) is 1.45. The van der Waals surface area contributed by atoms with Gasteiger partial charge in [-0.3, -0.25) is 4.18 Å². The molecule has 0 bridgehead atoms. The predicted octanol–water partition coefficient (Wildman–Crippen LogP) is 3.84. The van der Waals surface area contributed by atoms with Gasteiger partial charge < -0.3 is 0 Å². The molecule has 0 aliphatic rings. The molecule has 2 rings (SSSR count). The number of aromatic nitrogens is 2. The van der Waals surface area contributed by atoms with E-state index >= 15 is 0 Å². The second kappa shape index (κ2) is 6.21. The van der Waals surface area contributed by atoms with E-state index in [0.717, 1.165) is 18.2 Å². The summed E-state index contributed by atoms with van der Waals surface area (Å²) in [6, 6.07) is 2.86. The fraction of sp³-hybridized carbons (Fsp3) is 0.273. The molecule has 0 amide bonds. The summed E-state index contributed by atoms with van der Waals surface area (Å²) in [6.45, 7) is -2.38. The lowest BCUT2D eigenvalue weighted by Crippen LogP contribution is -2.41. The third-order valence-electron chi connectivity index (χ3n) is 2.65. The van der Waals surface area contributed by atoms with Crippen LogP contribution in [0.1, 0.15) is 0 Å². The molecule has 0 saturated carbocycles. The summed E-state index contributed by atoms with van der Waals surface area (Å²) in [6.07, 6.45) is -5.94. The standard InChI is InChI=1S/C11H5Cl2F5N2O3S/c12-8-9(13)20-7-3-5(1-2-6(7)19-8)24(21,22)23-4-10(14,15)11(16,17)18/h1-3H,4H2. The summed E-state index contributed by atoms with van der Waals surface area (Å²) in [5.74, 6) is -5.33. The first-order chi connectivity index (χ1) is 10.8. The van der Waals surface area contributed by atoms with Crippen LogP contribution in [0, 0.1) is 0 Å². The molecule has 1 aromatic heterocycles. The first kappa shape index (κ1) is 19.0. The first-order valence-corrected chi connectivity index (χ1v) is 7.97. The summed E-state index contributed by atoms with van der Waals surface area (Å²) < 4.78 is 89.0. The van der Waals surface area contributed by atoms with Crippen molar-refractivity contribution in [1.29, 1.82) is 0 Å². The number of fused-ring (bicyclic) bond motifs is 1. The van der Waals surface area contributed by atoms with Crippen molar-refractivity contribution in [3.05, 3.63) is 28.5 Å². The Labute approximate surface area is 141 Å². The van der Waals surface area contributed by atoms with Gasteiger partial charge in [0.25, 0.3) is 10.1 Å². The number of hydrogen-bond donors (Lipinski definition) is 0. The second-order valence-electron chi connectivity index (χ2n) is 4.37. The molecule has 132 valence electrons. The van der Waals surface area contributed by atoms with Gasteiger partial charge in [0.05, 0.1) is 15.9 Å². The summed E-state index contributed by atoms with van der Waals surface area (Å²) in [5, 5.41) is -0.399. The van der Waals surface area contributed by atoms with Crippen LogP contribution in [-0.4, -0.2) is 37.1 Å². The fourth-order valence-corrected chi connectivity index (χ4v) is 2.64. The summed E-state index contributed by atoms with van der Waals surface area (Å²) in [4.78, 5) is 6.81. The maximum atomic E-state index is 12.8. The van der Waals surface area contributed by atoms with Crippen LogP contribution >= 0.6 is 23.2 Å². The lowest BCUT2D eigenvalue weighted by molar-refractivity contribution is -0.289. The van der Waals surface area contributed by atoms with Gasteiger partial charge in [-0.05, 0) is 18.2 Å². The van der Waals surface area contributed by atoms with Crippen molar-refractivity contribution in [2.45, 2.75) is 17.0 Å². The Balaban J connectivity index is 2.33. The van der Waals surface area contributed by atoms with E-state index in [1.807, 2.05) is 0 Å². The zero-order valence-electron chi connectivity index (χ0n) is 11.1. The lowest BCUT2D eigenvalue weighted by Gasteiger charge is -2.19. The van der Waals surface area contributed by atoms with Gasteiger partial charge in [0.15, 0.2) is 10.3 Å². The molecule has 5 nitrogen and oxygen atoms in total. The number of hydrogen-bond acceptors (Lipinski definition) is 5. The molecule has 0 unspecified atom stereocenters. The van der Waals surface area contributed by atoms with Gasteiger partial charge in [0.2, 0.25) is 0 Å². The summed E-state index contributed by atoms with van der Waals surface area (Å²) >= 11 is 11.2. The van der Waals surface area contributed by atoms with Gasteiger partial charge in [-0.2, -0.15) is 30.4 Å². The minimum Gasteiger partial charge on any atom is -0.260 e. The van der Waals surface area contributed by atoms with E-state index in [1.54, 1.807) is 0 Å². The molecule has 0 radical (unpaired) electrons. The largest absolute Gasteiger partial charge is 0.455 e. The Bertz CT molecular complexity index is 889. The molecule has 0 fully saturated rings. The highest BCUT2D eigenvalue weighted by atomic mass is 35.5. The van der Waals surface area contributed by atoms with Gasteiger partial charge in [0, 0.05) is 0 Å². The molecule has 0 spiro atoms. The van der Waals surface area contributed by atoms with Crippen molar-refractivity contribution in [2.75, 3.05) is 6.61 Å². The van der Waals surface area contributed by atoms with Crippen LogP contribution in [0.5, 0.6) is 0 Å². The van der Waals surface area contributed by atoms with Crippen LogP contribution in [0.25, 0.3) is 11.0 Å². The molecular formula is C11H5Cl2F5N2O3S. The molecule has 0 aliphatic carbocycles. The number of rotatable bonds is 4. The first-order valence-electron chi connectivity index (χ1n) is 5.80. The van der Waals surface area contributed by atoms with Gasteiger partial charge in [-0.25, -0.2) is 9.97 Å². The highest BCUT2D eigenvalue weighted by molar-refractivity contribution is 7.86. The molecule has 0 saturated heterocycles. The number of alkyl halides is 5.